The van der Waals surface area contributed by atoms with Gasteiger partial charge < -0.3 is 5.32 Å². The second-order valence-corrected chi connectivity index (χ2v) is 20.2. The van der Waals surface area contributed by atoms with E-state index in [0.29, 0.717) is 21.7 Å². The van der Waals surface area contributed by atoms with Gasteiger partial charge in [-0.05, 0) is 167 Å². The van der Waals surface area contributed by atoms with E-state index in [4.69, 9.17) is 0 Å². The minimum atomic E-state index is 0.378. The van der Waals surface area contributed by atoms with Crippen LogP contribution in [-0.2, 0) is 40.9 Å². The van der Waals surface area contributed by atoms with Crippen LogP contribution in [0.25, 0.3) is 0 Å². The molecule has 0 unspecified atom stereocenters. The van der Waals surface area contributed by atoms with Crippen LogP contribution >= 0.6 is 0 Å². The standard InChI is InChI=1S/C15H19N.C15H18.C14H16.C13H14/c1-11-5-6-13-14(9-11)16-12(2)10-15(13)7-3-4-8-15;1-11-5-6-14-13(9-11)10-12(2)15(14)7-3-4-8-15;1-10-3-4-13-12(7-10)8-11(2)9-14(13)5-6-14;1-9-3-4-12-11(7-9)8-10(2)13(12)5-6-13/h5-6,9,16H,2-4,7-8,10H2,1H3;5-6,9H,2-4,7-8,10H2,1H3;3-4,7H,2,5-6,8-9H2,1H3;3-4,7H,2,5-6,8H2,1H3. The maximum atomic E-state index is 4.33. The van der Waals surface area contributed by atoms with Crippen molar-refractivity contribution in [2.45, 2.75) is 159 Å². The monoisotopic (exact) mass is 766 g/mol. The Morgan fingerprint density at radius 1 is 0.431 bits per heavy atom. The number of fused-ring (bicyclic) bond motifs is 8. The third-order valence-corrected chi connectivity index (χ3v) is 15.8. The summed E-state index contributed by atoms with van der Waals surface area (Å²) >= 11 is 0. The number of allylic oxidation sites excluding steroid dienone is 4. The first-order valence-corrected chi connectivity index (χ1v) is 22.7. The largest absolute Gasteiger partial charge is 0.359 e. The SMILES string of the molecule is C=C1CC2(CCCC2)c2ccc(C)cc2N1.C=C1Cc2cc(C)ccc2C12CC2.C=C1Cc2cc(C)ccc2C12CCCC2.C=C1Cc2cc(C)ccc2C2(CC2)C1. The average Bonchev–Trinajstić information content (AvgIpc) is 3.94. The lowest BCUT2D eigenvalue weighted by molar-refractivity contribution is 0.430. The van der Waals surface area contributed by atoms with Crippen molar-refractivity contribution in [3.63, 3.8) is 0 Å². The van der Waals surface area contributed by atoms with Gasteiger partial charge in [-0.3, -0.25) is 0 Å². The molecule has 8 aliphatic rings. The summed E-state index contributed by atoms with van der Waals surface area (Å²) in [4.78, 5) is 0. The summed E-state index contributed by atoms with van der Waals surface area (Å²) in [6.07, 6.45) is 22.0. The molecular weight excluding hydrogens is 699 g/mol. The van der Waals surface area contributed by atoms with Gasteiger partial charge in [-0.2, -0.15) is 0 Å². The Bertz CT molecular complexity index is 2320. The van der Waals surface area contributed by atoms with Crippen molar-refractivity contribution >= 4 is 5.69 Å². The first-order valence-electron chi connectivity index (χ1n) is 22.7. The summed E-state index contributed by atoms with van der Waals surface area (Å²) in [5, 5.41) is 3.46. The Morgan fingerprint density at radius 2 is 0.862 bits per heavy atom. The van der Waals surface area contributed by atoms with Gasteiger partial charge in [0, 0.05) is 27.6 Å². The van der Waals surface area contributed by atoms with Gasteiger partial charge in [0.25, 0.3) is 0 Å². The molecule has 0 bridgehead atoms. The first kappa shape index (κ1) is 39.1. The summed E-state index contributed by atoms with van der Waals surface area (Å²) in [6, 6.07) is 27.6. The predicted molar refractivity (Wildman–Crippen MR) is 247 cm³/mol. The van der Waals surface area contributed by atoms with Gasteiger partial charge in [0.1, 0.15) is 0 Å². The van der Waals surface area contributed by atoms with Crippen LogP contribution in [0.3, 0.4) is 0 Å². The van der Waals surface area contributed by atoms with E-state index in [2.05, 4.69) is 132 Å². The molecule has 1 heterocycles. The fourth-order valence-electron chi connectivity index (χ4n) is 12.5. The highest BCUT2D eigenvalue weighted by Gasteiger charge is 2.51. The number of anilines is 1. The molecule has 4 fully saturated rings. The molecule has 12 rings (SSSR count). The number of aryl methyl sites for hydroxylation is 4. The molecule has 58 heavy (non-hydrogen) atoms. The van der Waals surface area contributed by atoms with Crippen LogP contribution in [0.15, 0.2) is 122 Å². The topological polar surface area (TPSA) is 12.0 Å². The van der Waals surface area contributed by atoms with Gasteiger partial charge in [0.15, 0.2) is 0 Å². The van der Waals surface area contributed by atoms with E-state index in [9.17, 15) is 0 Å². The van der Waals surface area contributed by atoms with E-state index in [0.717, 1.165) is 25.7 Å². The normalized spacial score (nSPS) is 22.1. The van der Waals surface area contributed by atoms with E-state index < -0.39 is 0 Å². The zero-order valence-corrected chi connectivity index (χ0v) is 36.3. The molecule has 4 saturated carbocycles. The van der Waals surface area contributed by atoms with Crippen LogP contribution in [0.4, 0.5) is 5.69 Å². The third kappa shape index (κ3) is 6.99. The van der Waals surface area contributed by atoms with Crippen molar-refractivity contribution in [3.05, 3.63) is 183 Å². The molecule has 1 aliphatic heterocycles. The molecule has 4 spiro atoms. The van der Waals surface area contributed by atoms with Gasteiger partial charge in [-0.25, -0.2) is 0 Å². The summed E-state index contributed by atoms with van der Waals surface area (Å²) in [7, 11) is 0. The summed E-state index contributed by atoms with van der Waals surface area (Å²) in [5.41, 5.74) is 25.0. The number of rotatable bonds is 0. The lowest BCUT2D eigenvalue weighted by Gasteiger charge is -2.37. The van der Waals surface area contributed by atoms with Crippen molar-refractivity contribution in [2.24, 2.45) is 0 Å². The minimum absolute atomic E-state index is 0.378. The Balaban J connectivity index is 0.000000100. The van der Waals surface area contributed by atoms with Crippen LogP contribution in [0.1, 0.15) is 151 Å². The molecule has 0 aromatic heterocycles. The lowest BCUT2D eigenvalue weighted by Crippen LogP contribution is -2.29. The molecule has 1 N–H and O–H groups in total. The zero-order chi connectivity index (χ0) is 40.5. The van der Waals surface area contributed by atoms with E-state index in [-0.39, 0.29) is 0 Å². The molecule has 4 aromatic carbocycles. The van der Waals surface area contributed by atoms with Crippen molar-refractivity contribution in [1.29, 1.82) is 0 Å². The number of nitrogens with one attached hydrogen (secondary N) is 1. The fourth-order valence-corrected chi connectivity index (χ4v) is 12.5. The molecule has 7 aliphatic carbocycles. The number of benzene rings is 4. The Hall–Kier alpha value is -4.36. The van der Waals surface area contributed by atoms with E-state index in [1.807, 2.05) is 0 Å². The quantitative estimate of drug-likeness (QED) is 0.176. The van der Waals surface area contributed by atoms with Crippen LogP contribution in [0.5, 0.6) is 0 Å². The summed E-state index contributed by atoms with van der Waals surface area (Å²) in [6.45, 7) is 25.6. The Labute approximate surface area is 350 Å². The molecule has 4 aromatic rings. The van der Waals surface area contributed by atoms with Crippen molar-refractivity contribution < 1.29 is 0 Å². The van der Waals surface area contributed by atoms with Crippen LogP contribution < -0.4 is 5.32 Å². The van der Waals surface area contributed by atoms with Crippen LogP contribution in [-0.4, -0.2) is 0 Å². The second-order valence-electron chi connectivity index (χ2n) is 20.2. The van der Waals surface area contributed by atoms with Gasteiger partial charge >= 0.3 is 0 Å². The highest BCUT2D eigenvalue weighted by atomic mass is 14.9. The van der Waals surface area contributed by atoms with E-state index in [1.165, 1.54) is 145 Å². The molecule has 0 radical (unpaired) electrons. The van der Waals surface area contributed by atoms with Crippen molar-refractivity contribution in [1.82, 2.24) is 0 Å². The van der Waals surface area contributed by atoms with Gasteiger partial charge in [0.2, 0.25) is 0 Å². The smallest absolute Gasteiger partial charge is 0.0422 e. The molecule has 0 saturated heterocycles. The second kappa shape index (κ2) is 14.7. The first-order chi connectivity index (χ1) is 27.8. The summed E-state index contributed by atoms with van der Waals surface area (Å²) in [5.74, 6) is 0. The van der Waals surface area contributed by atoms with Crippen LogP contribution in [0, 0.1) is 27.7 Å². The third-order valence-electron chi connectivity index (χ3n) is 15.8. The number of hydrogen-bond donors (Lipinski definition) is 1. The van der Waals surface area contributed by atoms with Crippen LogP contribution in [0.2, 0.25) is 0 Å². The Morgan fingerprint density at radius 3 is 1.38 bits per heavy atom. The fraction of sp³-hybridized carbons (Fsp3) is 0.439. The highest BCUT2D eigenvalue weighted by molar-refractivity contribution is 5.63. The maximum absolute atomic E-state index is 4.33. The van der Waals surface area contributed by atoms with Gasteiger partial charge in [-0.15, -0.1) is 0 Å². The molecule has 1 heteroatoms. The molecule has 300 valence electrons. The van der Waals surface area contributed by atoms with Gasteiger partial charge in [-0.1, -0.05) is 152 Å². The maximum Gasteiger partial charge on any atom is 0.0422 e. The molecule has 0 atom stereocenters. The minimum Gasteiger partial charge on any atom is -0.359 e. The van der Waals surface area contributed by atoms with E-state index >= 15 is 0 Å². The molecule has 1 nitrogen and oxygen atoms in total. The zero-order valence-electron chi connectivity index (χ0n) is 36.3. The predicted octanol–water partition coefficient (Wildman–Crippen LogP) is 14.7. The van der Waals surface area contributed by atoms with Crippen molar-refractivity contribution in [3.8, 4) is 0 Å². The number of hydrogen-bond acceptors (Lipinski definition) is 1. The molecular formula is C57H67N. The highest BCUT2D eigenvalue weighted by Crippen LogP contribution is 2.59. The average molecular weight is 766 g/mol. The van der Waals surface area contributed by atoms with Gasteiger partial charge in [0.05, 0.1) is 0 Å². The molecule has 0 amide bonds. The lowest BCUT2D eigenvalue weighted by atomic mass is 9.72. The van der Waals surface area contributed by atoms with Crippen molar-refractivity contribution in [2.75, 3.05) is 5.32 Å². The Kier molecular flexibility index (Phi) is 9.93. The summed E-state index contributed by atoms with van der Waals surface area (Å²) < 4.78 is 0. The van der Waals surface area contributed by atoms with E-state index in [1.54, 1.807) is 27.8 Å².